The average molecular weight is 426 g/mol. The maximum Gasteiger partial charge on any atom is 0.238 e. The summed E-state index contributed by atoms with van der Waals surface area (Å²) in [6.45, 7) is 5.98. The van der Waals surface area contributed by atoms with Gasteiger partial charge in [0.05, 0.1) is 31.2 Å². The summed E-state index contributed by atoms with van der Waals surface area (Å²) >= 11 is 0. The molecule has 2 aliphatic heterocycles. The molecule has 2 saturated heterocycles. The molecule has 160 valence electrons. The predicted octanol–water partition coefficient (Wildman–Crippen LogP) is -1.25. The van der Waals surface area contributed by atoms with E-state index in [1.165, 1.54) is 24.3 Å². The molecule has 0 aliphatic carbocycles. The van der Waals surface area contributed by atoms with Crippen molar-refractivity contribution < 1.29 is 22.7 Å². The Hall–Kier alpha value is -2.05. The molecule has 0 spiro atoms. The van der Waals surface area contributed by atoms with Gasteiger partial charge in [-0.05, 0) is 24.3 Å². The molecular formula is C18H27N5O5S. The van der Waals surface area contributed by atoms with Crippen molar-refractivity contribution in [3.8, 4) is 0 Å². The number of carbonyl (C=O) groups is 2. The number of primary sulfonamides is 1. The molecule has 0 radical (unpaired) electrons. The summed E-state index contributed by atoms with van der Waals surface area (Å²) in [6.07, 6.45) is 0. The van der Waals surface area contributed by atoms with Crippen molar-refractivity contribution in [2.24, 2.45) is 5.14 Å². The molecule has 0 unspecified atom stereocenters. The summed E-state index contributed by atoms with van der Waals surface area (Å²) in [5.41, 5.74) is 0.502. The first-order valence-corrected chi connectivity index (χ1v) is 11.1. The number of nitrogens with one attached hydrogen (secondary N) is 1. The van der Waals surface area contributed by atoms with Gasteiger partial charge in [-0.1, -0.05) is 0 Å². The molecule has 1 aromatic rings. The Morgan fingerprint density at radius 1 is 0.931 bits per heavy atom. The molecule has 0 atom stereocenters. The van der Waals surface area contributed by atoms with Gasteiger partial charge in [0.2, 0.25) is 21.8 Å². The second-order valence-corrected chi connectivity index (χ2v) is 8.72. The number of sulfonamides is 1. The second-order valence-electron chi connectivity index (χ2n) is 7.16. The van der Waals surface area contributed by atoms with Gasteiger partial charge in [-0.2, -0.15) is 0 Å². The number of piperazine rings is 1. The lowest BCUT2D eigenvalue weighted by atomic mass is 10.2. The van der Waals surface area contributed by atoms with Gasteiger partial charge in [-0.15, -0.1) is 0 Å². The van der Waals surface area contributed by atoms with E-state index in [1.807, 2.05) is 9.80 Å². The van der Waals surface area contributed by atoms with E-state index in [4.69, 9.17) is 9.88 Å². The lowest BCUT2D eigenvalue weighted by molar-refractivity contribution is -0.135. The predicted molar refractivity (Wildman–Crippen MR) is 107 cm³/mol. The van der Waals surface area contributed by atoms with Crippen LogP contribution < -0.4 is 10.5 Å². The zero-order valence-corrected chi connectivity index (χ0v) is 17.1. The molecule has 2 heterocycles. The van der Waals surface area contributed by atoms with Gasteiger partial charge in [-0.25, -0.2) is 13.6 Å². The molecule has 0 saturated carbocycles. The van der Waals surface area contributed by atoms with Crippen LogP contribution in [0.15, 0.2) is 29.2 Å². The second kappa shape index (κ2) is 9.63. The molecular weight excluding hydrogens is 398 g/mol. The van der Waals surface area contributed by atoms with E-state index < -0.39 is 10.0 Å². The molecule has 1 aromatic carbocycles. The summed E-state index contributed by atoms with van der Waals surface area (Å²) in [5, 5.41) is 7.80. The molecule has 3 rings (SSSR count). The van der Waals surface area contributed by atoms with Crippen molar-refractivity contribution in [1.29, 1.82) is 0 Å². The highest BCUT2D eigenvalue weighted by Gasteiger charge is 2.24. The van der Waals surface area contributed by atoms with Crippen molar-refractivity contribution in [2.75, 3.05) is 70.9 Å². The number of nitrogens with zero attached hydrogens (tertiary/aromatic N) is 3. The third kappa shape index (κ3) is 6.47. The van der Waals surface area contributed by atoms with E-state index in [0.29, 0.717) is 51.6 Å². The van der Waals surface area contributed by atoms with E-state index in [1.54, 1.807) is 0 Å². The van der Waals surface area contributed by atoms with Crippen LogP contribution in [0.5, 0.6) is 0 Å². The van der Waals surface area contributed by atoms with E-state index in [0.717, 1.165) is 13.1 Å². The van der Waals surface area contributed by atoms with Crippen LogP contribution >= 0.6 is 0 Å². The van der Waals surface area contributed by atoms with Crippen LogP contribution in [-0.4, -0.2) is 101 Å². The van der Waals surface area contributed by atoms with Gasteiger partial charge in [0.15, 0.2) is 0 Å². The summed E-state index contributed by atoms with van der Waals surface area (Å²) in [5.74, 6) is -0.0765. The Balaban J connectivity index is 1.40. The van der Waals surface area contributed by atoms with Gasteiger partial charge < -0.3 is 15.0 Å². The maximum absolute atomic E-state index is 12.4. The van der Waals surface area contributed by atoms with Crippen molar-refractivity contribution in [3.63, 3.8) is 0 Å². The van der Waals surface area contributed by atoms with Gasteiger partial charge in [0.1, 0.15) is 0 Å². The van der Waals surface area contributed by atoms with Crippen molar-refractivity contribution in [3.05, 3.63) is 24.3 Å². The molecule has 29 heavy (non-hydrogen) atoms. The minimum Gasteiger partial charge on any atom is -0.379 e. The minimum atomic E-state index is -3.75. The first-order chi connectivity index (χ1) is 13.8. The number of hydrogen-bond donors (Lipinski definition) is 2. The topological polar surface area (TPSA) is 125 Å². The molecule has 2 fully saturated rings. The van der Waals surface area contributed by atoms with Gasteiger partial charge >= 0.3 is 0 Å². The van der Waals surface area contributed by atoms with Crippen LogP contribution in [0.4, 0.5) is 5.69 Å². The molecule has 3 N–H and O–H groups in total. The smallest absolute Gasteiger partial charge is 0.238 e. The molecule has 2 amide bonds. The number of benzene rings is 1. The fraction of sp³-hybridized carbons (Fsp3) is 0.556. The number of nitrogens with two attached hydrogens (primary N) is 1. The van der Waals surface area contributed by atoms with Crippen molar-refractivity contribution >= 4 is 27.5 Å². The summed E-state index contributed by atoms with van der Waals surface area (Å²) in [4.78, 5) is 30.6. The first-order valence-electron chi connectivity index (χ1n) is 9.54. The number of anilines is 1. The number of ether oxygens (including phenoxy) is 1. The fourth-order valence-corrected chi connectivity index (χ4v) is 3.85. The maximum atomic E-state index is 12.4. The Morgan fingerprint density at radius 2 is 1.52 bits per heavy atom. The standard InChI is InChI=1S/C18H27N5O5S/c19-29(26,27)16-3-1-15(2-4-16)20-17(24)13-21-5-7-23(8-6-21)18(25)14-22-9-11-28-12-10-22/h1-4H,5-14H2,(H,20,24)(H2,19,26,27). The van der Waals surface area contributed by atoms with Crippen LogP contribution in [0.3, 0.4) is 0 Å². The fourth-order valence-electron chi connectivity index (χ4n) is 3.34. The monoisotopic (exact) mass is 425 g/mol. The zero-order valence-electron chi connectivity index (χ0n) is 16.2. The summed E-state index contributed by atoms with van der Waals surface area (Å²) < 4.78 is 27.8. The van der Waals surface area contributed by atoms with Gasteiger partial charge in [0.25, 0.3) is 0 Å². The zero-order chi connectivity index (χ0) is 20.9. The normalized spacial score (nSPS) is 19.1. The Bertz CT molecular complexity index is 816. The molecule has 11 heteroatoms. The van der Waals surface area contributed by atoms with Crippen LogP contribution in [0.1, 0.15) is 0 Å². The van der Waals surface area contributed by atoms with Crippen LogP contribution in [-0.2, 0) is 24.3 Å². The van der Waals surface area contributed by atoms with Gasteiger partial charge in [-0.3, -0.25) is 19.4 Å². The third-order valence-corrected chi connectivity index (χ3v) is 5.95. The highest BCUT2D eigenvalue weighted by atomic mass is 32.2. The summed E-state index contributed by atoms with van der Waals surface area (Å²) in [7, 11) is -3.75. The highest BCUT2D eigenvalue weighted by molar-refractivity contribution is 7.89. The molecule has 10 nitrogen and oxygen atoms in total. The lowest BCUT2D eigenvalue weighted by Crippen LogP contribution is -2.53. The van der Waals surface area contributed by atoms with Crippen LogP contribution in [0, 0.1) is 0 Å². The minimum absolute atomic E-state index is 0.00614. The Kier molecular flexibility index (Phi) is 7.19. The van der Waals surface area contributed by atoms with Crippen LogP contribution in [0.25, 0.3) is 0 Å². The first kappa shape index (κ1) is 21.7. The molecule has 2 aliphatic rings. The average Bonchev–Trinajstić information content (AvgIpc) is 2.69. The van der Waals surface area contributed by atoms with Gasteiger partial charge in [0, 0.05) is 45.0 Å². The molecule has 0 bridgehead atoms. The third-order valence-electron chi connectivity index (χ3n) is 5.02. The lowest BCUT2D eigenvalue weighted by Gasteiger charge is -2.36. The number of carbonyl (C=O) groups excluding carboxylic acids is 2. The van der Waals surface area contributed by atoms with E-state index >= 15 is 0 Å². The Labute approximate surface area is 170 Å². The van der Waals surface area contributed by atoms with Crippen molar-refractivity contribution in [1.82, 2.24) is 14.7 Å². The van der Waals surface area contributed by atoms with Crippen molar-refractivity contribution in [2.45, 2.75) is 4.90 Å². The Morgan fingerprint density at radius 3 is 2.10 bits per heavy atom. The van der Waals surface area contributed by atoms with E-state index in [-0.39, 0.29) is 23.3 Å². The number of morpholine rings is 1. The van der Waals surface area contributed by atoms with E-state index in [2.05, 4.69) is 10.2 Å². The molecule has 0 aromatic heterocycles. The number of hydrogen-bond acceptors (Lipinski definition) is 7. The number of amides is 2. The highest BCUT2D eigenvalue weighted by Crippen LogP contribution is 2.13. The largest absolute Gasteiger partial charge is 0.379 e. The van der Waals surface area contributed by atoms with Crippen LogP contribution in [0.2, 0.25) is 0 Å². The number of rotatable bonds is 6. The quantitative estimate of drug-likeness (QED) is 0.583. The summed E-state index contributed by atoms with van der Waals surface area (Å²) in [6, 6.07) is 5.70. The SMILES string of the molecule is NS(=O)(=O)c1ccc(NC(=O)CN2CCN(C(=O)CN3CCOCC3)CC2)cc1. The van der Waals surface area contributed by atoms with E-state index in [9.17, 15) is 18.0 Å².